The number of nitrogens with one attached hydrogen (secondary N) is 1. The molecule has 0 aliphatic rings. The summed E-state index contributed by atoms with van der Waals surface area (Å²) < 4.78 is 1.63. The first-order valence-electron chi connectivity index (χ1n) is 6.11. The molecule has 0 saturated carbocycles. The molecule has 3 aromatic rings. The Morgan fingerprint density at radius 1 is 1.19 bits per heavy atom. The molecule has 6 nitrogen and oxygen atoms in total. The minimum Gasteiger partial charge on any atom is -0.306 e. The Morgan fingerprint density at radius 2 is 2.00 bits per heavy atom. The van der Waals surface area contributed by atoms with Gasteiger partial charge in [-0.05, 0) is 12.1 Å². The van der Waals surface area contributed by atoms with E-state index in [1.807, 2.05) is 30.3 Å². The maximum Gasteiger partial charge on any atom is 0.260 e. The lowest BCUT2D eigenvalue weighted by Gasteiger charge is -2.02. The Kier molecular flexibility index (Phi) is 3.61. The van der Waals surface area contributed by atoms with Crippen LogP contribution in [0.15, 0.2) is 55.1 Å². The predicted molar refractivity (Wildman–Crippen MR) is 78.6 cm³/mol. The third-order valence-corrected chi connectivity index (χ3v) is 2.95. The number of aromatic nitrogens is 4. The molecule has 0 saturated heterocycles. The predicted octanol–water partition coefficient (Wildman–Crippen LogP) is 2.57. The van der Waals surface area contributed by atoms with Crippen molar-refractivity contribution >= 4 is 23.3 Å². The fourth-order valence-corrected chi connectivity index (χ4v) is 1.90. The van der Waals surface area contributed by atoms with Crippen molar-refractivity contribution in [2.24, 2.45) is 0 Å². The number of rotatable bonds is 3. The van der Waals surface area contributed by atoms with Crippen LogP contribution in [0.5, 0.6) is 0 Å². The summed E-state index contributed by atoms with van der Waals surface area (Å²) in [7, 11) is 0. The van der Waals surface area contributed by atoms with E-state index in [-0.39, 0.29) is 11.1 Å². The Hall–Kier alpha value is -2.73. The van der Waals surface area contributed by atoms with Crippen molar-refractivity contribution in [2.75, 3.05) is 5.32 Å². The third-order valence-electron chi connectivity index (χ3n) is 2.74. The summed E-state index contributed by atoms with van der Waals surface area (Å²) in [5, 5.41) is 7.06. The average Bonchev–Trinajstić information content (AvgIpc) is 2.98. The molecular formula is C14H10ClN5O. The summed E-state index contributed by atoms with van der Waals surface area (Å²) in [6, 6.07) is 11.0. The number of carbonyl (C=O) groups is 1. The van der Waals surface area contributed by atoms with Crippen LogP contribution in [0.25, 0.3) is 5.69 Å². The number of halogens is 1. The fourth-order valence-electron chi connectivity index (χ4n) is 1.75. The highest BCUT2D eigenvalue weighted by atomic mass is 35.5. The van der Waals surface area contributed by atoms with Gasteiger partial charge in [0.15, 0.2) is 0 Å². The number of anilines is 1. The number of carbonyl (C=O) groups excluding carboxylic acids is 1. The molecule has 0 aliphatic carbocycles. The van der Waals surface area contributed by atoms with E-state index in [0.717, 1.165) is 5.69 Å². The van der Waals surface area contributed by atoms with E-state index in [2.05, 4.69) is 20.4 Å². The van der Waals surface area contributed by atoms with E-state index >= 15 is 0 Å². The van der Waals surface area contributed by atoms with Crippen LogP contribution in [0.3, 0.4) is 0 Å². The first-order chi connectivity index (χ1) is 10.2. The molecule has 0 unspecified atom stereocenters. The van der Waals surface area contributed by atoms with Gasteiger partial charge in [0.05, 0.1) is 17.4 Å². The van der Waals surface area contributed by atoms with Crippen molar-refractivity contribution in [1.29, 1.82) is 0 Å². The van der Waals surface area contributed by atoms with Crippen molar-refractivity contribution in [1.82, 2.24) is 19.7 Å². The minimum atomic E-state index is -0.313. The van der Waals surface area contributed by atoms with Crippen LogP contribution in [-0.2, 0) is 0 Å². The van der Waals surface area contributed by atoms with E-state index in [0.29, 0.717) is 11.4 Å². The molecule has 7 heteroatoms. The van der Waals surface area contributed by atoms with Crippen LogP contribution in [0, 0.1) is 0 Å². The molecule has 21 heavy (non-hydrogen) atoms. The Balaban J connectivity index is 1.78. The van der Waals surface area contributed by atoms with Crippen LogP contribution in [0.2, 0.25) is 5.15 Å². The molecule has 0 spiro atoms. The summed E-state index contributed by atoms with van der Waals surface area (Å²) >= 11 is 5.74. The zero-order valence-corrected chi connectivity index (χ0v) is 11.5. The van der Waals surface area contributed by atoms with Gasteiger partial charge in [-0.2, -0.15) is 5.10 Å². The Morgan fingerprint density at radius 3 is 2.76 bits per heavy atom. The monoisotopic (exact) mass is 299 g/mol. The second kappa shape index (κ2) is 5.72. The number of para-hydroxylation sites is 1. The Bertz CT molecular complexity index is 772. The van der Waals surface area contributed by atoms with Crippen molar-refractivity contribution < 1.29 is 4.79 Å². The van der Waals surface area contributed by atoms with Crippen molar-refractivity contribution in [3.8, 4) is 5.69 Å². The number of hydrogen-bond donors (Lipinski definition) is 1. The molecule has 0 atom stereocenters. The van der Waals surface area contributed by atoms with Crippen LogP contribution < -0.4 is 5.32 Å². The van der Waals surface area contributed by atoms with E-state index in [1.165, 1.54) is 18.6 Å². The van der Waals surface area contributed by atoms with Crippen LogP contribution in [-0.4, -0.2) is 25.7 Å². The van der Waals surface area contributed by atoms with Gasteiger partial charge in [0.2, 0.25) is 0 Å². The van der Waals surface area contributed by atoms with Crippen molar-refractivity contribution in [3.63, 3.8) is 0 Å². The van der Waals surface area contributed by atoms with E-state index in [1.54, 1.807) is 10.9 Å². The number of hydrogen-bond acceptors (Lipinski definition) is 4. The smallest absolute Gasteiger partial charge is 0.260 e. The van der Waals surface area contributed by atoms with Gasteiger partial charge in [-0.3, -0.25) is 4.79 Å². The van der Waals surface area contributed by atoms with E-state index in [9.17, 15) is 4.79 Å². The number of amides is 1. The molecule has 0 radical (unpaired) electrons. The molecule has 2 aromatic heterocycles. The molecule has 1 N–H and O–H groups in total. The lowest BCUT2D eigenvalue weighted by atomic mass is 10.3. The average molecular weight is 300 g/mol. The van der Waals surface area contributed by atoms with E-state index < -0.39 is 0 Å². The third kappa shape index (κ3) is 3.06. The summed E-state index contributed by atoms with van der Waals surface area (Å²) in [6.07, 6.45) is 4.42. The highest BCUT2D eigenvalue weighted by Crippen LogP contribution is 2.12. The quantitative estimate of drug-likeness (QED) is 0.754. The zero-order chi connectivity index (χ0) is 14.7. The number of benzene rings is 1. The molecule has 3 rings (SSSR count). The Labute approximate surface area is 125 Å². The van der Waals surface area contributed by atoms with Crippen LogP contribution >= 0.6 is 11.6 Å². The summed E-state index contributed by atoms with van der Waals surface area (Å²) in [4.78, 5) is 19.8. The first kappa shape index (κ1) is 13.3. The lowest BCUT2D eigenvalue weighted by Crippen LogP contribution is -2.12. The lowest BCUT2D eigenvalue weighted by molar-refractivity contribution is 0.102. The second-order valence-electron chi connectivity index (χ2n) is 4.19. The molecule has 0 bridgehead atoms. The second-order valence-corrected chi connectivity index (χ2v) is 4.58. The molecular weight excluding hydrogens is 290 g/mol. The SMILES string of the molecule is O=C(Nc1cc(Cl)ncn1)c1cnn(-c2ccccc2)c1. The van der Waals surface area contributed by atoms with E-state index in [4.69, 9.17) is 11.6 Å². The topological polar surface area (TPSA) is 72.7 Å². The first-order valence-corrected chi connectivity index (χ1v) is 6.49. The van der Waals surface area contributed by atoms with Gasteiger partial charge in [0.1, 0.15) is 17.3 Å². The normalized spacial score (nSPS) is 10.3. The standard InChI is InChI=1S/C14H10ClN5O/c15-12-6-13(17-9-16-12)19-14(21)10-7-18-20(8-10)11-4-2-1-3-5-11/h1-9H,(H,16,17,19,21). The van der Waals surface area contributed by atoms with Crippen molar-refractivity contribution in [3.05, 3.63) is 65.8 Å². The molecule has 0 fully saturated rings. The van der Waals surface area contributed by atoms with Gasteiger partial charge >= 0.3 is 0 Å². The van der Waals surface area contributed by atoms with Gasteiger partial charge in [0.25, 0.3) is 5.91 Å². The summed E-state index contributed by atoms with van der Waals surface area (Å²) in [5.74, 6) is 0.0272. The van der Waals surface area contributed by atoms with Crippen molar-refractivity contribution in [2.45, 2.75) is 0 Å². The number of nitrogens with zero attached hydrogens (tertiary/aromatic N) is 4. The van der Waals surface area contributed by atoms with Gasteiger partial charge in [-0.25, -0.2) is 14.6 Å². The highest BCUT2D eigenvalue weighted by Gasteiger charge is 2.10. The van der Waals surface area contributed by atoms with Gasteiger partial charge in [0, 0.05) is 12.3 Å². The summed E-state index contributed by atoms with van der Waals surface area (Å²) in [6.45, 7) is 0. The van der Waals surface area contributed by atoms with Gasteiger partial charge in [-0.1, -0.05) is 29.8 Å². The molecule has 1 amide bonds. The van der Waals surface area contributed by atoms with Gasteiger partial charge < -0.3 is 5.32 Å². The molecule has 104 valence electrons. The highest BCUT2D eigenvalue weighted by molar-refractivity contribution is 6.29. The van der Waals surface area contributed by atoms with Crippen LogP contribution in [0.4, 0.5) is 5.82 Å². The van der Waals surface area contributed by atoms with Crippen LogP contribution in [0.1, 0.15) is 10.4 Å². The minimum absolute atomic E-state index is 0.264. The van der Waals surface area contributed by atoms with Gasteiger partial charge in [-0.15, -0.1) is 0 Å². The molecule has 0 aliphatic heterocycles. The maximum absolute atomic E-state index is 12.1. The fraction of sp³-hybridized carbons (Fsp3) is 0. The maximum atomic E-state index is 12.1. The largest absolute Gasteiger partial charge is 0.306 e. The summed E-state index contributed by atoms with van der Waals surface area (Å²) in [5.41, 5.74) is 1.30. The molecule has 2 heterocycles. The zero-order valence-electron chi connectivity index (χ0n) is 10.8. The molecule has 1 aromatic carbocycles.